The van der Waals surface area contributed by atoms with Gasteiger partial charge in [-0.3, -0.25) is 4.79 Å². The molecule has 1 N–H and O–H groups in total. The molecule has 1 aromatic carbocycles. The van der Waals surface area contributed by atoms with Crippen molar-refractivity contribution < 1.29 is 4.79 Å². The van der Waals surface area contributed by atoms with Crippen LogP contribution < -0.4 is 5.32 Å². The van der Waals surface area contributed by atoms with Gasteiger partial charge in [0.05, 0.1) is 22.5 Å². The highest BCUT2D eigenvalue weighted by Gasteiger charge is 2.13. The molecule has 0 aliphatic carbocycles. The first-order chi connectivity index (χ1) is 12.9. The summed E-state index contributed by atoms with van der Waals surface area (Å²) in [6, 6.07) is 10.1. The SMILES string of the molecule is Cc1nc(NC(=O)CSc2nc3ccc(C(C)C)cc3cc2C#N)sc1C. The van der Waals surface area contributed by atoms with Crippen molar-refractivity contribution in [3.63, 3.8) is 0 Å². The Morgan fingerprint density at radius 1 is 1.30 bits per heavy atom. The fourth-order valence-corrected chi connectivity index (χ4v) is 4.14. The van der Waals surface area contributed by atoms with Gasteiger partial charge in [0, 0.05) is 10.3 Å². The first-order valence-electron chi connectivity index (χ1n) is 8.59. The van der Waals surface area contributed by atoms with Crippen molar-refractivity contribution in [3.8, 4) is 6.07 Å². The molecule has 3 aromatic rings. The van der Waals surface area contributed by atoms with E-state index in [-0.39, 0.29) is 11.7 Å². The highest BCUT2D eigenvalue weighted by Crippen LogP contribution is 2.27. The molecule has 0 saturated heterocycles. The summed E-state index contributed by atoms with van der Waals surface area (Å²) in [7, 11) is 0. The van der Waals surface area contributed by atoms with E-state index in [4.69, 9.17) is 0 Å². The Hall–Kier alpha value is -2.43. The smallest absolute Gasteiger partial charge is 0.236 e. The third kappa shape index (κ3) is 4.46. The maximum atomic E-state index is 12.2. The number of pyridine rings is 1. The number of nitriles is 1. The van der Waals surface area contributed by atoms with Crippen molar-refractivity contribution in [3.05, 3.63) is 46.0 Å². The lowest BCUT2D eigenvalue weighted by molar-refractivity contribution is -0.113. The van der Waals surface area contributed by atoms with Crippen LogP contribution in [0.2, 0.25) is 0 Å². The number of amides is 1. The first-order valence-corrected chi connectivity index (χ1v) is 10.4. The Morgan fingerprint density at radius 3 is 2.70 bits per heavy atom. The molecule has 3 rings (SSSR count). The molecule has 5 nitrogen and oxygen atoms in total. The molecule has 0 fully saturated rings. The van der Waals surface area contributed by atoms with Crippen molar-refractivity contribution in [2.45, 2.75) is 38.6 Å². The zero-order valence-corrected chi connectivity index (χ0v) is 17.3. The van der Waals surface area contributed by atoms with E-state index in [0.29, 0.717) is 21.6 Å². The van der Waals surface area contributed by atoms with E-state index in [1.165, 1.54) is 28.7 Å². The number of fused-ring (bicyclic) bond motifs is 1. The van der Waals surface area contributed by atoms with Gasteiger partial charge in [0.15, 0.2) is 5.13 Å². The minimum atomic E-state index is -0.158. The van der Waals surface area contributed by atoms with Crippen LogP contribution in [0.5, 0.6) is 0 Å². The number of thiazole rings is 1. The van der Waals surface area contributed by atoms with E-state index >= 15 is 0 Å². The van der Waals surface area contributed by atoms with Crippen LogP contribution in [0.15, 0.2) is 29.3 Å². The fraction of sp³-hybridized carbons (Fsp3) is 0.300. The summed E-state index contributed by atoms with van der Waals surface area (Å²) < 4.78 is 0. The van der Waals surface area contributed by atoms with Crippen LogP contribution >= 0.6 is 23.1 Å². The van der Waals surface area contributed by atoms with Crippen molar-refractivity contribution in [2.24, 2.45) is 0 Å². The first kappa shape index (κ1) is 19.3. The van der Waals surface area contributed by atoms with Crippen LogP contribution in [0, 0.1) is 25.2 Å². The molecular formula is C20H20N4OS2. The summed E-state index contributed by atoms with van der Waals surface area (Å²) in [5.41, 5.74) is 3.45. The summed E-state index contributed by atoms with van der Waals surface area (Å²) in [4.78, 5) is 22.2. The van der Waals surface area contributed by atoms with Crippen LogP contribution in [0.3, 0.4) is 0 Å². The van der Waals surface area contributed by atoms with Gasteiger partial charge >= 0.3 is 0 Å². The Kier molecular flexibility index (Phi) is 5.78. The van der Waals surface area contributed by atoms with Crippen molar-refractivity contribution in [1.29, 1.82) is 5.26 Å². The Morgan fingerprint density at radius 2 is 2.07 bits per heavy atom. The molecule has 27 heavy (non-hydrogen) atoms. The van der Waals surface area contributed by atoms with Gasteiger partial charge in [-0.1, -0.05) is 31.7 Å². The van der Waals surface area contributed by atoms with Gasteiger partial charge in [-0.2, -0.15) is 5.26 Å². The predicted octanol–water partition coefficient (Wildman–Crippen LogP) is 5.03. The van der Waals surface area contributed by atoms with Crippen LogP contribution in [-0.4, -0.2) is 21.6 Å². The Bertz CT molecular complexity index is 1030. The lowest BCUT2D eigenvalue weighted by atomic mass is 10.0. The number of hydrogen-bond acceptors (Lipinski definition) is 6. The van der Waals surface area contributed by atoms with Gasteiger partial charge in [-0.25, -0.2) is 9.97 Å². The standard InChI is InChI=1S/C20H20N4OS2/c1-11(2)14-5-6-17-15(7-14)8-16(9-21)19(23-17)26-10-18(25)24-20-22-12(3)13(4)27-20/h5-8,11H,10H2,1-4H3,(H,22,24,25). The number of hydrogen-bond donors (Lipinski definition) is 1. The monoisotopic (exact) mass is 396 g/mol. The van der Waals surface area contributed by atoms with Crippen LogP contribution in [0.25, 0.3) is 10.9 Å². The molecule has 0 aliphatic rings. The lowest BCUT2D eigenvalue weighted by Gasteiger charge is -2.09. The lowest BCUT2D eigenvalue weighted by Crippen LogP contribution is -2.14. The third-order valence-corrected chi connectivity index (χ3v) is 6.19. The number of aromatic nitrogens is 2. The molecule has 0 bridgehead atoms. The summed E-state index contributed by atoms with van der Waals surface area (Å²) in [6.07, 6.45) is 0. The van der Waals surface area contributed by atoms with E-state index in [2.05, 4.69) is 47.3 Å². The maximum Gasteiger partial charge on any atom is 0.236 e. The van der Waals surface area contributed by atoms with Gasteiger partial charge < -0.3 is 5.32 Å². The minimum absolute atomic E-state index is 0.158. The van der Waals surface area contributed by atoms with E-state index in [9.17, 15) is 10.1 Å². The number of nitrogens with zero attached hydrogens (tertiary/aromatic N) is 3. The second kappa shape index (κ2) is 8.07. The van der Waals surface area contributed by atoms with Crippen molar-refractivity contribution in [2.75, 3.05) is 11.1 Å². The van der Waals surface area contributed by atoms with Gasteiger partial charge in [0.1, 0.15) is 11.1 Å². The summed E-state index contributed by atoms with van der Waals surface area (Å²) in [5, 5.41) is 14.4. The van der Waals surface area contributed by atoms with E-state index in [0.717, 1.165) is 21.5 Å². The number of carbonyl (C=O) groups excluding carboxylic acids is 1. The topological polar surface area (TPSA) is 78.7 Å². The quantitative estimate of drug-likeness (QED) is 0.612. The number of anilines is 1. The summed E-state index contributed by atoms with van der Waals surface area (Å²) in [6.45, 7) is 8.15. The maximum absolute atomic E-state index is 12.2. The van der Waals surface area contributed by atoms with E-state index in [1.54, 1.807) is 0 Å². The zero-order valence-electron chi connectivity index (χ0n) is 15.7. The molecular weight excluding hydrogens is 376 g/mol. The van der Waals surface area contributed by atoms with Gasteiger partial charge in [-0.05, 0) is 43.5 Å². The Balaban J connectivity index is 1.76. The summed E-state index contributed by atoms with van der Waals surface area (Å²) >= 11 is 2.72. The average Bonchev–Trinajstić information content (AvgIpc) is 2.95. The van der Waals surface area contributed by atoms with Crippen LogP contribution in [0.1, 0.15) is 41.5 Å². The molecule has 2 aromatic heterocycles. The highest BCUT2D eigenvalue weighted by atomic mass is 32.2. The fourth-order valence-electron chi connectivity index (χ4n) is 2.54. The van der Waals surface area contributed by atoms with Gasteiger partial charge in [0.2, 0.25) is 5.91 Å². The number of benzene rings is 1. The van der Waals surface area contributed by atoms with Gasteiger partial charge in [-0.15, -0.1) is 11.3 Å². The predicted molar refractivity (Wildman–Crippen MR) is 111 cm³/mol. The largest absolute Gasteiger partial charge is 0.301 e. The number of nitrogens with one attached hydrogen (secondary N) is 1. The summed E-state index contributed by atoms with van der Waals surface area (Å²) in [5.74, 6) is 0.431. The Labute approximate surface area is 166 Å². The number of carbonyl (C=O) groups is 1. The second-order valence-corrected chi connectivity index (χ2v) is 8.72. The molecule has 0 radical (unpaired) electrons. The molecule has 1 amide bonds. The molecule has 7 heteroatoms. The average molecular weight is 397 g/mol. The third-order valence-electron chi connectivity index (χ3n) is 4.21. The van der Waals surface area contributed by atoms with E-state index < -0.39 is 0 Å². The molecule has 0 saturated carbocycles. The molecule has 0 unspecified atom stereocenters. The second-order valence-electron chi connectivity index (χ2n) is 6.56. The van der Waals surface area contributed by atoms with Gasteiger partial charge in [0.25, 0.3) is 0 Å². The molecule has 0 spiro atoms. The normalized spacial score (nSPS) is 11.0. The van der Waals surface area contributed by atoms with E-state index in [1.807, 2.05) is 26.0 Å². The minimum Gasteiger partial charge on any atom is -0.301 e. The van der Waals surface area contributed by atoms with Crippen LogP contribution in [-0.2, 0) is 4.79 Å². The number of aryl methyl sites for hydroxylation is 2. The number of rotatable bonds is 5. The molecule has 138 valence electrons. The molecule has 0 aliphatic heterocycles. The molecule has 2 heterocycles. The number of thioether (sulfide) groups is 1. The van der Waals surface area contributed by atoms with Crippen molar-refractivity contribution >= 4 is 45.0 Å². The highest BCUT2D eigenvalue weighted by molar-refractivity contribution is 8.00. The molecule has 0 atom stereocenters. The zero-order chi connectivity index (χ0) is 19.6. The van der Waals surface area contributed by atoms with Crippen molar-refractivity contribution in [1.82, 2.24) is 9.97 Å². The van der Waals surface area contributed by atoms with Crippen LogP contribution in [0.4, 0.5) is 5.13 Å².